The molecule has 30 heavy (non-hydrogen) atoms. The highest BCUT2D eigenvalue weighted by Gasteiger charge is 2.48. The fourth-order valence-electron chi connectivity index (χ4n) is 5.20. The molecule has 0 spiro atoms. The standard InChI is InChI=1S/C24H33N3O2S/c1-2-21(26-27-24(30)25-19-10-6-5-7-11-19)23-18-15-14-17(16-18)20(23)12-8-3-4-9-13-22(28)29/h3,5-8,10-11,17-18,20,23H,2,4,9,12-16H2,1H3,(H,28,29)(H2,25,27,30)/b8-3-,26-21?. The number of carboxylic acid groups (broad SMARTS) is 1. The second kappa shape index (κ2) is 11.3. The number of anilines is 1. The third-order valence-corrected chi connectivity index (χ3v) is 6.70. The van der Waals surface area contributed by atoms with Gasteiger partial charge in [-0.1, -0.05) is 37.3 Å². The molecule has 162 valence electrons. The number of carbonyl (C=O) groups is 1. The van der Waals surface area contributed by atoms with Crippen LogP contribution in [0.5, 0.6) is 0 Å². The Bertz CT molecular complexity index is 778. The Balaban J connectivity index is 1.57. The summed E-state index contributed by atoms with van der Waals surface area (Å²) >= 11 is 5.42. The first-order valence-electron chi connectivity index (χ1n) is 11.1. The van der Waals surface area contributed by atoms with E-state index < -0.39 is 5.97 Å². The van der Waals surface area contributed by atoms with E-state index in [1.165, 1.54) is 25.0 Å². The van der Waals surface area contributed by atoms with Crippen molar-refractivity contribution in [3.63, 3.8) is 0 Å². The predicted molar refractivity (Wildman–Crippen MR) is 127 cm³/mol. The van der Waals surface area contributed by atoms with Gasteiger partial charge in [0.2, 0.25) is 0 Å². The fraction of sp³-hybridized carbons (Fsp3) is 0.542. The van der Waals surface area contributed by atoms with Crippen LogP contribution in [0.15, 0.2) is 47.6 Å². The molecule has 2 aliphatic rings. The van der Waals surface area contributed by atoms with E-state index in [4.69, 9.17) is 22.4 Å². The first-order chi connectivity index (χ1) is 14.6. The van der Waals surface area contributed by atoms with Crippen molar-refractivity contribution in [2.24, 2.45) is 28.8 Å². The van der Waals surface area contributed by atoms with Crippen molar-refractivity contribution in [2.75, 3.05) is 5.32 Å². The Morgan fingerprint density at radius 2 is 2.00 bits per heavy atom. The summed E-state index contributed by atoms with van der Waals surface area (Å²) in [5.74, 6) is 1.96. The van der Waals surface area contributed by atoms with E-state index in [0.717, 1.165) is 36.8 Å². The predicted octanol–water partition coefficient (Wildman–Crippen LogP) is 5.60. The number of nitrogens with one attached hydrogen (secondary N) is 2. The van der Waals surface area contributed by atoms with E-state index in [1.54, 1.807) is 0 Å². The minimum Gasteiger partial charge on any atom is -0.481 e. The SMILES string of the molecule is CCC(=NNC(=S)Nc1ccccc1)C1C2CCC(C2)C1C/C=C\CCCC(=O)O. The van der Waals surface area contributed by atoms with E-state index in [-0.39, 0.29) is 6.42 Å². The number of aliphatic carboxylic acids is 1. The van der Waals surface area contributed by atoms with E-state index in [0.29, 0.717) is 23.4 Å². The average Bonchev–Trinajstić information content (AvgIpc) is 3.34. The molecule has 3 N–H and O–H groups in total. The Kier molecular flexibility index (Phi) is 8.43. The lowest BCUT2D eigenvalue weighted by atomic mass is 9.74. The molecule has 0 aliphatic heterocycles. The van der Waals surface area contributed by atoms with Crippen LogP contribution in [0.1, 0.15) is 58.3 Å². The van der Waals surface area contributed by atoms with E-state index >= 15 is 0 Å². The number of nitrogens with zero attached hydrogens (tertiary/aromatic N) is 1. The molecule has 0 saturated heterocycles. The monoisotopic (exact) mass is 427 g/mol. The number of unbranched alkanes of at least 4 members (excludes halogenated alkanes) is 1. The van der Waals surface area contributed by atoms with Gasteiger partial charge in [0.1, 0.15) is 0 Å². The highest BCUT2D eigenvalue weighted by Crippen LogP contribution is 2.54. The van der Waals surface area contributed by atoms with Gasteiger partial charge in [0.05, 0.1) is 0 Å². The Hall–Kier alpha value is -2.21. The highest BCUT2D eigenvalue weighted by atomic mass is 32.1. The van der Waals surface area contributed by atoms with Gasteiger partial charge < -0.3 is 10.4 Å². The molecule has 0 heterocycles. The third-order valence-electron chi connectivity index (χ3n) is 6.50. The number of rotatable bonds is 10. The van der Waals surface area contributed by atoms with Crippen LogP contribution in [0, 0.1) is 23.7 Å². The summed E-state index contributed by atoms with van der Waals surface area (Å²) in [5, 5.41) is 17.2. The van der Waals surface area contributed by atoms with Crippen molar-refractivity contribution in [1.29, 1.82) is 0 Å². The zero-order valence-corrected chi connectivity index (χ0v) is 18.5. The second-order valence-corrected chi connectivity index (χ2v) is 8.81. The van der Waals surface area contributed by atoms with Crippen molar-refractivity contribution in [3.05, 3.63) is 42.5 Å². The summed E-state index contributed by atoms with van der Waals surface area (Å²) in [6, 6.07) is 9.88. The molecule has 3 rings (SSSR count). The zero-order valence-electron chi connectivity index (χ0n) is 17.7. The van der Waals surface area contributed by atoms with Gasteiger partial charge >= 0.3 is 5.97 Å². The van der Waals surface area contributed by atoms with Gasteiger partial charge in [0, 0.05) is 23.7 Å². The Morgan fingerprint density at radius 3 is 2.73 bits per heavy atom. The number of thiocarbonyl (C=S) groups is 1. The maximum absolute atomic E-state index is 10.6. The molecule has 5 nitrogen and oxygen atoms in total. The van der Waals surface area contributed by atoms with Crippen LogP contribution in [-0.4, -0.2) is 21.9 Å². The minimum absolute atomic E-state index is 0.246. The summed E-state index contributed by atoms with van der Waals surface area (Å²) in [5.41, 5.74) is 5.25. The average molecular weight is 428 g/mol. The minimum atomic E-state index is -0.715. The lowest BCUT2D eigenvalue weighted by molar-refractivity contribution is -0.137. The fourth-order valence-corrected chi connectivity index (χ4v) is 5.37. The summed E-state index contributed by atoms with van der Waals surface area (Å²) < 4.78 is 0. The van der Waals surface area contributed by atoms with Gasteiger partial charge in [-0.15, -0.1) is 0 Å². The number of carboxylic acids is 1. The molecular weight excluding hydrogens is 394 g/mol. The largest absolute Gasteiger partial charge is 0.481 e. The molecule has 2 fully saturated rings. The summed E-state index contributed by atoms with van der Waals surface area (Å²) in [4.78, 5) is 10.6. The van der Waals surface area contributed by atoms with Crippen LogP contribution in [0.4, 0.5) is 5.69 Å². The molecule has 0 aromatic heterocycles. The number of hydrazone groups is 1. The van der Waals surface area contributed by atoms with Gasteiger partial charge in [-0.2, -0.15) is 5.10 Å². The first kappa shape index (κ1) is 22.5. The normalized spacial score (nSPS) is 25.6. The molecule has 2 saturated carbocycles. The second-order valence-electron chi connectivity index (χ2n) is 8.40. The lowest BCUT2D eigenvalue weighted by Gasteiger charge is -2.31. The molecule has 4 unspecified atom stereocenters. The number of hydrogen-bond acceptors (Lipinski definition) is 3. The molecule has 1 aromatic rings. The molecule has 4 atom stereocenters. The quantitative estimate of drug-likeness (QED) is 0.149. The van der Waals surface area contributed by atoms with Crippen LogP contribution >= 0.6 is 12.2 Å². The molecule has 2 bridgehead atoms. The molecule has 2 aliphatic carbocycles. The van der Waals surface area contributed by atoms with E-state index in [9.17, 15) is 4.79 Å². The van der Waals surface area contributed by atoms with Crippen molar-refractivity contribution in [1.82, 2.24) is 5.43 Å². The lowest BCUT2D eigenvalue weighted by Crippen LogP contribution is -2.32. The highest BCUT2D eigenvalue weighted by molar-refractivity contribution is 7.80. The number of para-hydroxylation sites is 1. The summed E-state index contributed by atoms with van der Waals surface area (Å²) in [6.07, 6.45) is 12.2. The number of benzene rings is 1. The van der Waals surface area contributed by atoms with Gasteiger partial charge in [0.25, 0.3) is 0 Å². The van der Waals surface area contributed by atoms with E-state index in [1.807, 2.05) is 30.3 Å². The first-order valence-corrected chi connectivity index (χ1v) is 11.5. The number of hydrogen-bond donors (Lipinski definition) is 3. The van der Waals surface area contributed by atoms with Crippen molar-refractivity contribution in [3.8, 4) is 0 Å². The molecule has 1 aromatic carbocycles. The zero-order chi connectivity index (χ0) is 21.3. The molecule has 6 heteroatoms. The number of fused-ring (bicyclic) bond motifs is 2. The Labute approximate surface area is 185 Å². The summed E-state index contributed by atoms with van der Waals surface area (Å²) in [6.45, 7) is 2.18. The number of allylic oxidation sites excluding steroid dienone is 2. The summed E-state index contributed by atoms with van der Waals surface area (Å²) in [7, 11) is 0. The molecule has 0 radical (unpaired) electrons. The van der Waals surface area contributed by atoms with Crippen LogP contribution in [-0.2, 0) is 4.79 Å². The smallest absolute Gasteiger partial charge is 0.303 e. The van der Waals surface area contributed by atoms with Gasteiger partial charge in [-0.25, -0.2) is 0 Å². The van der Waals surface area contributed by atoms with Gasteiger partial charge in [-0.05, 0) is 87.1 Å². The van der Waals surface area contributed by atoms with Crippen LogP contribution in [0.25, 0.3) is 0 Å². The van der Waals surface area contributed by atoms with Gasteiger partial charge in [-0.3, -0.25) is 10.2 Å². The van der Waals surface area contributed by atoms with Crippen LogP contribution in [0.2, 0.25) is 0 Å². The third kappa shape index (κ3) is 6.14. The topological polar surface area (TPSA) is 73.7 Å². The van der Waals surface area contributed by atoms with Gasteiger partial charge in [0.15, 0.2) is 5.11 Å². The Morgan fingerprint density at radius 1 is 1.23 bits per heavy atom. The maximum Gasteiger partial charge on any atom is 0.303 e. The van der Waals surface area contributed by atoms with Crippen molar-refractivity contribution < 1.29 is 9.90 Å². The maximum atomic E-state index is 10.6. The van der Waals surface area contributed by atoms with Crippen molar-refractivity contribution >= 4 is 34.7 Å². The molecule has 0 amide bonds. The van der Waals surface area contributed by atoms with Crippen LogP contribution in [0.3, 0.4) is 0 Å². The van der Waals surface area contributed by atoms with E-state index in [2.05, 4.69) is 29.8 Å². The molecular formula is C24H33N3O2S. The van der Waals surface area contributed by atoms with Crippen molar-refractivity contribution in [2.45, 2.75) is 58.3 Å². The van der Waals surface area contributed by atoms with Crippen LogP contribution < -0.4 is 10.7 Å².